The first-order valence-electron chi connectivity index (χ1n) is 35.4. The number of thiazole rings is 1. The molecule has 5 aliphatic rings. The second-order valence-electron chi connectivity index (χ2n) is 29.0. The molecule has 106 heavy (non-hydrogen) atoms. The van der Waals surface area contributed by atoms with Gasteiger partial charge in [0.25, 0.3) is 16.0 Å². The maximum atomic E-state index is 13.8. The van der Waals surface area contributed by atoms with Crippen LogP contribution in [0.15, 0.2) is 97.2 Å². The number of aromatic nitrogens is 4. The molecule has 0 spiro atoms. The first-order valence-corrected chi connectivity index (χ1v) is 37.8. The Morgan fingerprint density at radius 3 is 2.33 bits per heavy atom. The molecule has 7 aromatic rings. The lowest BCUT2D eigenvalue weighted by Crippen LogP contribution is -2.61. The number of nitrogens with one attached hydrogen (secondary N) is 3. The number of nitrogens with zero attached hydrogens (tertiary/aromatic N) is 5. The number of aliphatic hydroxyl groups is 3. The van der Waals surface area contributed by atoms with E-state index in [1.54, 1.807) is 37.5 Å². The van der Waals surface area contributed by atoms with Gasteiger partial charge < -0.3 is 65.1 Å². The fourth-order valence-electron chi connectivity index (χ4n) is 16.2. The zero-order chi connectivity index (χ0) is 75.8. The molecule has 4 amide bonds. The summed E-state index contributed by atoms with van der Waals surface area (Å²) in [5.74, 6) is -7.86. The standard InChI is InChI=1S/C75H88N8O21S2/c1-43-55(52-22-23-56(79-61(52)68(93)94)47-19-18-45-13-11-15-53(54(45)32-47)67(92)81-71-80-57-16-6-7-17-58(57)105-71)36-78-83(43)42-74-34-44-33-73(2,39-74)40-75(35-44,41-74)102-29-28-82(3)72(97)101-37-48-20-21-51(103-70-64(90)62(88)63(89)65(104-70)69(95)96)31-46(48)12-8-10-27-77-66(91)49(38-106(98,99)100)30-50(84)14-5-4-9-26-76-59(85)24-25-60(86)87/h6-7,11,13,15-23,31-32,36,44,49,62-65,70,88-90H,4-5,8-10,12,14,24-30,33-35,37-42H2,1-3H3,(H,76,85)(H,77,91)(H,86,87)(H,93,94)(H,95,96)(H,80,81,92)(H,98,99,100)/t44?,49-,62-,63-,64+,65-,70+,73?,74?,75?/m0/s1. The molecule has 0 radical (unpaired) electrons. The number of aromatic carboxylic acids is 1. The Morgan fingerprint density at radius 1 is 0.792 bits per heavy atom. The number of ether oxygens (including phenoxy) is 4. The summed E-state index contributed by atoms with van der Waals surface area (Å²) in [6.07, 6.45) is -1.77. The number of aryl methyl sites for hydroxylation is 1. The number of aliphatic carboxylic acids is 2. The van der Waals surface area contributed by atoms with E-state index in [2.05, 4.69) is 27.9 Å². The van der Waals surface area contributed by atoms with Gasteiger partial charge in [-0.3, -0.25) is 38.5 Å². The van der Waals surface area contributed by atoms with Crippen LogP contribution in [0.4, 0.5) is 9.93 Å². The van der Waals surface area contributed by atoms with Gasteiger partial charge in [0.15, 0.2) is 16.9 Å². The summed E-state index contributed by atoms with van der Waals surface area (Å²) >= 11 is 1.38. The van der Waals surface area contributed by atoms with Gasteiger partial charge >= 0.3 is 24.0 Å². The van der Waals surface area contributed by atoms with Crippen molar-refractivity contribution in [1.82, 2.24) is 35.3 Å². The number of likely N-dealkylation sites (N-methyl/N-ethyl adjacent to an activating group) is 1. The molecule has 12 rings (SSSR count). The molecule has 31 heteroatoms. The number of Topliss-reactive ketones (excluding diaryl/α,β-unsaturated/α-hetero) is 1. The maximum absolute atomic E-state index is 13.8. The fraction of sp³-hybridized carbons (Fsp3) is 0.480. The van der Waals surface area contributed by atoms with Crippen molar-refractivity contribution in [3.05, 3.63) is 125 Å². The number of rotatable bonds is 35. The largest absolute Gasteiger partial charge is 0.481 e. The molecule has 29 nitrogen and oxygen atoms in total. The molecule has 4 unspecified atom stereocenters. The lowest BCUT2D eigenvalue weighted by molar-refractivity contribution is -0.271. The van der Waals surface area contributed by atoms with E-state index in [-0.39, 0.29) is 93.1 Å². The number of anilines is 1. The number of hydrogen-bond acceptors (Lipinski definition) is 21. The topological polar surface area (TPSA) is 432 Å². The van der Waals surface area contributed by atoms with Crippen molar-refractivity contribution in [2.45, 2.75) is 166 Å². The molecular formula is C75H88N8O21S2. The van der Waals surface area contributed by atoms with Gasteiger partial charge in [-0.25, -0.2) is 24.4 Å². The molecule has 5 fully saturated rings. The third-order valence-corrected chi connectivity index (χ3v) is 22.3. The normalized spacial score (nSPS) is 22.7. The van der Waals surface area contributed by atoms with Gasteiger partial charge in [0.1, 0.15) is 36.5 Å². The summed E-state index contributed by atoms with van der Waals surface area (Å²) in [7, 11) is -3.10. The monoisotopic (exact) mass is 1500 g/mol. The Bertz CT molecular complexity index is 4550. The number of carboxylic acid groups (broad SMARTS) is 3. The minimum Gasteiger partial charge on any atom is -0.481 e. The van der Waals surface area contributed by atoms with Gasteiger partial charge in [-0.05, 0) is 165 Å². The van der Waals surface area contributed by atoms with Crippen molar-refractivity contribution in [2.24, 2.45) is 22.7 Å². The lowest BCUT2D eigenvalue weighted by Gasteiger charge is -2.65. The number of carbonyl (C=O) groups excluding carboxylic acids is 5. The SMILES string of the molecule is Cc1c(-c2ccc(-c3ccc4cccc(C(=O)Nc5nc6ccccc6s5)c4c3)nc2C(=O)O)cnn1CC12CC3CC(C)(C1)CC(OCCN(C)C(=O)OCc1ccc(O[C@@H]4O[C@H](C(=O)O)[C@@H](O)[C@H](O)[C@H]4O)cc1CCCCNC(=O)[C@@H](CC(=O)CCCCCNC(=O)CCC(=O)O)CS(=O)(=O)O)(C3)C2. The number of carbonyl (C=O) groups is 8. The van der Waals surface area contributed by atoms with E-state index in [9.17, 15) is 76.9 Å². The van der Waals surface area contributed by atoms with Gasteiger partial charge in [-0.15, -0.1) is 0 Å². The highest BCUT2D eigenvalue weighted by molar-refractivity contribution is 7.85. The second-order valence-corrected chi connectivity index (χ2v) is 31.5. The first kappa shape index (κ1) is 77.8. The Hall–Kier alpha value is -9.34. The van der Waals surface area contributed by atoms with Crippen molar-refractivity contribution in [3.8, 4) is 28.1 Å². The molecule has 566 valence electrons. The van der Waals surface area contributed by atoms with Crippen LogP contribution in [0.5, 0.6) is 5.75 Å². The number of amides is 4. The number of fused-ring (bicyclic) bond motifs is 2. The minimum atomic E-state index is -4.69. The Morgan fingerprint density at radius 2 is 1.58 bits per heavy atom. The number of benzene rings is 4. The Labute approximate surface area is 614 Å². The molecule has 1 saturated heterocycles. The van der Waals surface area contributed by atoms with E-state index in [1.807, 2.05) is 66.2 Å². The first-order chi connectivity index (χ1) is 50.4. The highest BCUT2D eigenvalue weighted by Crippen LogP contribution is 2.68. The molecule has 10 N–H and O–H groups in total. The van der Waals surface area contributed by atoms with Crippen LogP contribution in [0, 0.1) is 29.6 Å². The fourth-order valence-corrected chi connectivity index (χ4v) is 17.8. The average Bonchev–Trinajstić information content (AvgIpc) is 0.826. The Kier molecular flexibility index (Phi) is 24.4. The van der Waals surface area contributed by atoms with Crippen LogP contribution >= 0.6 is 11.3 Å². The van der Waals surface area contributed by atoms with E-state index < -0.39 is 106 Å². The molecule has 4 bridgehead atoms. The molecular weight excluding hydrogens is 1410 g/mol. The third-order valence-electron chi connectivity index (χ3n) is 20.5. The number of hydrogen-bond donors (Lipinski definition) is 10. The van der Waals surface area contributed by atoms with Crippen LogP contribution in [0.25, 0.3) is 43.4 Å². The van der Waals surface area contributed by atoms with Crippen molar-refractivity contribution in [3.63, 3.8) is 0 Å². The van der Waals surface area contributed by atoms with Gasteiger partial charge in [-0.1, -0.05) is 67.1 Å². The van der Waals surface area contributed by atoms with Crippen LogP contribution in [-0.4, -0.2) is 191 Å². The average molecular weight is 1500 g/mol. The zero-order valence-corrected chi connectivity index (χ0v) is 60.6. The number of aliphatic hydroxyl groups excluding tert-OH is 3. The third kappa shape index (κ3) is 19.1. The lowest BCUT2D eigenvalue weighted by atomic mass is 9.43. The van der Waals surface area contributed by atoms with E-state index in [1.165, 1.54) is 28.4 Å². The summed E-state index contributed by atoms with van der Waals surface area (Å²) < 4.78 is 60.5. The quantitative estimate of drug-likeness (QED) is 0.0132. The smallest absolute Gasteiger partial charge is 0.409 e. The maximum Gasteiger partial charge on any atom is 0.409 e. The van der Waals surface area contributed by atoms with Crippen LogP contribution in [0.1, 0.15) is 141 Å². The molecule has 1 aliphatic heterocycles. The van der Waals surface area contributed by atoms with Gasteiger partial charge in [0, 0.05) is 80.4 Å². The summed E-state index contributed by atoms with van der Waals surface area (Å²) in [5, 5.41) is 75.7. The van der Waals surface area contributed by atoms with Gasteiger partial charge in [-0.2, -0.15) is 13.5 Å². The van der Waals surface area contributed by atoms with Crippen molar-refractivity contribution in [1.29, 1.82) is 0 Å². The van der Waals surface area contributed by atoms with Gasteiger partial charge in [0.05, 0.1) is 52.4 Å². The van der Waals surface area contributed by atoms with Gasteiger partial charge in [0.2, 0.25) is 18.1 Å². The minimum absolute atomic E-state index is 0.000776. The molecule has 10 atom stereocenters. The van der Waals surface area contributed by atoms with Crippen LogP contribution in [0.3, 0.4) is 0 Å². The number of ketones is 1. The van der Waals surface area contributed by atoms with Crippen LogP contribution in [-0.2, 0) is 67.9 Å². The predicted octanol–water partition coefficient (Wildman–Crippen LogP) is 8.36. The number of unbranched alkanes of at least 4 members (excludes halogenated alkanes) is 3. The van der Waals surface area contributed by atoms with Crippen LogP contribution in [0.2, 0.25) is 0 Å². The molecule has 4 heterocycles. The van der Waals surface area contributed by atoms with E-state index >= 15 is 0 Å². The number of para-hydroxylation sites is 1. The highest BCUT2D eigenvalue weighted by Gasteiger charge is 2.62. The number of pyridine rings is 1. The summed E-state index contributed by atoms with van der Waals surface area (Å²) in [4.78, 5) is 112. The molecule has 3 aromatic heterocycles. The number of carboxylic acids is 3. The van der Waals surface area contributed by atoms with E-state index in [0.717, 1.165) is 59.8 Å². The summed E-state index contributed by atoms with van der Waals surface area (Å²) in [6.45, 7) is 5.22. The summed E-state index contributed by atoms with van der Waals surface area (Å²) in [6, 6.07) is 26.8. The van der Waals surface area contributed by atoms with Crippen molar-refractivity contribution < 1.29 is 101 Å². The van der Waals surface area contributed by atoms with E-state index in [4.69, 9.17) is 34.1 Å². The van der Waals surface area contributed by atoms with Crippen molar-refractivity contribution in [2.75, 3.05) is 44.4 Å². The molecule has 4 saturated carbocycles. The van der Waals surface area contributed by atoms with Crippen molar-refractivity contribution >= 4 is 95.1 Å². The van der Waals surface area contributed by atoms with Crippen LogP contribution < -0.4 is 20.7 Å². The Balaban J connectivity index is 0.701. The van der Waals surface area contributed by atoms with E-state index in [0.29, 0.717) is 87.7 Å². The molecule has 4 aliphatic carbocycles. The second kappa shape index (κ2) is 33.2. The predicted molar refractivity (Wildman–Crippen MR) is 386 cm³/mol. The highest BCUT2D eigenvalue weighted by atomic mass is 32.2. The zero-order valence-electron chi connectivity index (χ0n) is 58.9. The summed E-state index contributed by atoms with van der Waals surface area (Å²) in [5.41, 5.74) is 4.25. The molecule has 4 aromatic carbocycles.